The maximum absolute atomic E-state index is 11.8. The largest absolute Gasteiger partial charge is 0.483 e. The standard InChI is InChI=1S/2C9H7F3O3/c2*10-9(11,12)5-15-7-4-2-1-3-6(7)8(13)14/h2*1-4H,5H2,(H,13,14). The van der Waals surface area contributed by atoms with Gasteiger partial charge >= 0.3 is 24.3 Å². The average molecular weight is 440 g/mol. The Balaban J connectivity index is 0.000000300. The number of carboxylic acid groups (broad SMARTS) is 2. The van der Waals surface area contributed by atoms with E-state index in [9.17, 15) is 35.9 Å². The van der Waals surface area contributed by atoms with Gasteiger partial charge in [-0.1, -0.05) is 24.3 Å². The lowest BCUT2D eigenvalue weighted by Crippen LogP contribution is -2.20. The number of carboxylic acids is 2. The summed E-state index contributed by atoms with van der Waals surface area (Å²) in [4.78, 5) is 21.2. The zero-order valence-electron chi connectivity index (χ0n) is 14.8. The van der Waals surface area contributed by atoms with Gasteiger partial charge in [0.2, 0.25) is 0 Å². The van der Waals surface area contributed by atoms with Crippen molar-refractivity contribution in [2.45, 2.75) is 12.4 Å². The topological polar surface area (TPSA) is 93.1 Å². The molecule has 0 atom stereocenters. The quantitative estimate of drug-likeness (QED) is 0.636. The zero-order valence-corrected chi connectivity index (χ0v) is 14.8. The highest BCUT2D eigenvalue weighted by molar-refractivity contribution is 5.91. The summed E-state index contributed by atoms with van der Waals surface area (Å²) < 4.78 is 79.5. The first-order chi connectivity index (χ1) is 13.8. The Bertz CT molecular complexity index is 791. The van der Waals surface area contributed by atoms with Crippen LogP contribution in [0.5, 0.6) is 11.5 Å². The van der Waals surface area contributed by atoms with E-state index in [1.807, 2.05) is 0 Å². The average Bonchev–Trinajstić information content (AvgIpc) is 2.64. The van der Waals surface area contributed by atoms with Gasteiger partial charge in [0.15, 0.2) is 13.2 Å². The minimum Gasteiger partial charge on any atom is -0.483 e. The van der Waals surface area contributed by atoms with Crippen molar-refractivity contribution in [3.63, 3.8) is 0 Å². The molecule has 0 saturated heterocycles. The van der Waals surface area contributed by atoms with Crippen LogP contribution >= 0.6 is 0 Å². The number of para-hydroxylation sites is 2. The zero-order chi connectivity index (χ0) is 22.9. The number of carbonyl (C=O) groups is 2. The summed E-state index contributed by atoms with van der Waals surface area (Å²) in [6.07, 6.45) is -8.96. The number of alkyl halides is 6. The van der Waals surface area contributed by atoms with Gasteiger partial charge in [-0.3, -0.25) is 0 Å². The molecule has 164 valence electrons. The molecule has 12 heteroatoms. The molecule has 0 aromatic heterocycles. The molecule has 0 unspecified atom stereocenters. The Morgan fingerprint density at radius 3 is 1.23 bits per heavy atom. The van der Waals surface area contributed by atoms with E-state index in [0.29, 0.717) is 0 Å². The number of rotatable bonds is 6. The van der Waals surface area contributed by atoms with E-state index in [2.05, 4.69) is 9.47 Å². The number of ether oxygens (including phenoxy) is 2. The van der Waals surface area contributed by atoms with Crippen LogP contribution in [0.2, 0.25) is 0 Å². The number of hydrogen-bond acceptors (Lipinski definition) is 4. The number of benzene rings is 2. The first kappa shape index (κ1) is 24.6. The third-order valence-electron chi connectivity index (χ3n) is 3.02. The molecule has 0 aliphatic heterocycles. The second-order valence-corrected chi connectivity index (χ2v) is 5.41. The van der Waals surface area contributed by atoms with E-state index < -0.39 is 37.5 Å². The predicted octanol–water partition coefficient (Wildman–Crippen LogP) is 4.65. The van der Waals surface area contributed by atoms with Crippen molar-refractivity contribution in [2.24, 2.45) is 0 Å². The van der Waals surface area contributed by atoms with E-state index in [1.165, 1.54) is 48.5 Å². The van der Waals surface area contributed by atoms with Crippen LogP contribution in [0.1, 0.15) is 20.7 Å². The monoisotopic (exact) mass is 440 g/mol. The van der Waals surface area contributed by atoms with E-state index in [0.717, 1.165) is 0 Å². The molecule has 2 aromatic carbocycles. The predicted molar refractivity (Wildman–Crippen MR) is 89.9 cm³/mol. The second-order valence-electron chi connectivity index (χ2n) is 5.41. The summed E-state index contributed by atoms with van der Waals surface area (Å²) in [5.41, 5.74) is -0.580. The Morgan fingerprint density at radius 2 is 0.967 bits per heavy atom. The molecule has 2 aromatic rings. The normalized spacial score (nSPS) is 11.1. The van der Waals surface area contributed by atoms with Crippen LogP contribution < -0.4 is 9.47 Å². The Kier molecular flexibility index (Phi) is 8.50. The summed E-state index contributed by atoms with van der Waals surface area (Å²) in [5, 5.41) is 17.3. The van der Waals surface area contributed by atoms with Gasteiger partial charge in [0.1, 0.15) is 22.6 Å². The van der Waals surface area contributed by atoms with Crippen LogP contribution in [0.15, 0.2) is 48.5 Å². The van der Waals surface area contributed by atoms with Gasteiger partial charge in [-0.15, -0.1) is 0 Å². The van der Waals surface area contributed by atoms with Gasteiger partial charge in [0, 0.05) is 0 Å². The Labute approximate surface area is 165 Å². The van der Waals surface area contributed by atoms with Crippen molar-refractivity contribution in [1.29, 1.82) is 0 Å². The fourth-order valence-electron chi connectivity index (χ4n) is 1.86. The van der Waals surface area contributed by atoms with Gasteiger partial charge in [0.25, 0.3) is 0 Å². The van der Waals surface area contributed by atoms with Gasteiger partial charge in [0.05, 0.1) is 0 Å². The van der Waals surface area contributed by atoms with Crippen molar-refractivity contribution >= 4 is 11.9 Å². The Hall–Kier alpha value is -3.44. The van der Waals surface area contributed by atoms with Crippen LogP contribution in [-0.2, 0) is 0 Å². The van der Waals surface area contributed by atoms with Crippen LogP contribution in [0, 0.1) is 0 Å². The molecular formula is C18H14F6O6. The molecule has 0 heterocycles. The fraction of sp³-hybridized carbons (Fsp3) is 0.222. The molecule has 6 nitrogen and oxygen atoms in total. The maximum atomic E-state index is 11.8. The lowest BCUT2D eigenvalue weighted by Gasteiger charge is -2.10. The van der Waals surface area contributed by atoms with Crippen LogP contribution in [0.25, 0.3) is 0 Å². The summed E-state index contributed by atoms with van der Waals surface area (Å²) in [7, 11) is 0. The molecule has 0 aliphatic carbocycles. The Morgan fingerprint density at radius 1 is 0.667 bits per heavy atom. The number of aromatic carboxylic acids is 2. The van der Waals surface area contributed by atoms with Gasteiger partial charge < -0.3 is 19.7 Å². The van der Waals surface area contributed by atoms with Crippen molar-refractivity contribution in [3.8, 4) is 11.5 Å². The van der Waals surface area contributed by atoms with Crippen LogP contribution in [0.4, 0.5) is 26.3 Å². The minimum absolute atomic E-state index is 0.290. The molecule has 2 N–H and O–H groups in total. The summed E-state index contributed by atoms with van der Waals surface area (Å²) in [5.74, 6) is -3.23. The molecule has 30 heavy (non-hydrogen) atoms. The second kappa shape index (κ2) is 10.4. The summed E-state index contributed by atoms with van der Waals surface area (Å²) in [6, 6.07) is 10.3. The van der Waals surface area contributed by atoms with E-state index in [1.54, 1.807) is 0 Å². The van der Waals surface area contributed by atoms with Gasteiger partial charge in [-0.05, 0) is 24.3 Å². The summed E-state index contributed by atoms with van der Waals surface area (Å²) >= 11 is 0. The first-order valence-electron chi connectivity index (χ1n) is 7.84. The number of hydrogen-bond donors (Lipinski definition) is 2. The highest BCUT2D eigenvalue weighted by Crippen LogP contribution is 2.23. The minimum atomic E-state index is -4.48. The first-order valence-corrected chi connectivity index (χ1v) is 7.84. The molecular weight excluding hydrogens is 426 g/mol. The van der Waals surface area contributed by atoms with Crippen LogP contribution in [-0.4, -0.2) is 47.7 Å². The third-order valence-corrected chi connectivity index (χ3v) is 3.02. The van der Waals surface area contributed by atoms with Crippen molar-refractivity contribution in [2.75, 3.05) is 13.2 Å². The molecule has 0 saturated carbocycles. The van der Waals surface area contributed by atoms with E-state index >= 15 is 0 Å². The highest BCUT2D eigenvalue weighted by atomic mass is 19.4. The number of halogens is 6. The molecule has 0 radical (unpaired) electrons. The summed E-state index contributed by atoms with van der Waals surface area (Å²) in [6.45, 7) is -3.01. The molecule has 0 amide bonds. The van der Waals surface area contributed by atoms with Crippen molar-refractivity contribution in [3.05, 3.63) is 59.7 Å². The SMILES string of the molecule is O=C(O)c1ccccc1OCC(F)(F)F.O=C(O)c1ccccc1OCC(F)(F)F. The molecule has 0 bridgehead atoms. The highest BCUT2D eigenvalue weighted by Gasteiger charge is 2.30. The van der Waals surface area contributed by atoms with Gasteiger partial charge in [-0.25, -0.2) is 9.59 Å². The third kappa shape index (κ3) is 9.17. The van der Waals surface area contributed by atoms with Crippen molar-refractivity contribution in [1.82, 2.24) is 0 Å². The van der Waals surface area contributed by atoms with Crippen LogP contribution in [0.3, 0.4) is 0 Å². The fourth-order valence-corrected chi connectivity index (χ4v) is 1.86. The molecule has 0 aliphatic rings. The molecule has 0 spiro atoms. The van der Waals surface area contributed by atoms with Gasteiger partial charge in [-0.2, -0.15) is 26.3 Å². The van der Waals surface area contributed by atoms with Crippen molar-refractivity contribution < 1.29 is 55.6 Å². The lowest BCUT2D eigenvalue weighted by atomic mass is 10.2. The smallest absolute Gasteiger partial charge is 0.422 e. The van der Waals surface area contributed by atoms with E-state index in [4.69, 9.17) is 10.2 Å². The maximum Gasteiger partial charge on any atom is 0.422 e. The lowest BCUT2D eigenvalue weighted by molar-refractivity contribution is -0.154. The molecule has 2 rings (SSSR count). The van der Waals surface area contributed by atoms with E-state index in [-0.39, 0.29) is 22.6 Å². The molecule has 0 fully saturated rings.